The topological polar surface area (TPSA) is 114 Å². The highest BCUT2D eigenvalue weighted by atomic mass is 32.2. The molecule has 3 amide bonds. The van der Waals surface area contributed by atoms with Gasteiger partial charge in [-0.25, -0.2) is 4.79 Å². The molecule has 0 bridgehead atoms. The van der Waals surface area contributed by atoms with E-state index < -0.39 is 35.2 Å². The lowest BCUT2D eigenvalue weighted by Crippen LogP contribution is -2.61. The molecule has 0 aliphatic carbocycles. The molecule has 5 N–H and O–H groups in total. The Morgan fingerprint density at radius 2 is 1.43 bits per heavy atom. The van der Waals surface area contributed by atoms with E-state index in [1.54, 1.807) is 16.7 Å². The van der Waals surface area contributed by atoms with Crippen LogP contribution in [0, 0.1) is 13.8 Å². The number of nitrogens with one attached hydrogen (secondary N) is 3. The number of amides is 3. The largest absolute Gasteiger partial charge is 0.387 e. The Morgan fingerprint density at radius 3 is 2.02 bits per heavy atom. The maximum absolute atomic E-state index is 13.5. The van der Waals surface area contributed by atoms with Crippen molar-refractivity contribution in [3.05, 3.63) is 107 Å². The first-order valence-corrected chi connectivity index (χ1v) is 15.3. The summed E-state index contributed by atoms with van der Waals surface area (Å²) < 4.78 is -0.510. The van der Waals surface area contributed by atoms with Gasteiger partial charge in [0.25, 0.3) is 0 Å². The van der Waals surface area contributed by atoms with E-state index in [1.165, 1.54) is 0 Å². The summed E-state index contributed by atoms with van der Waals surface area (Å²) in [5.41, 5.74) is 5.06. The van der Waals surface area contributed by atoms with Crippen LogP contribution in [-0.2, 0) is 24.3 Å². The minimum atomic E-state index is -1.39. The van der Waals surface area contributed by atoms with E-state index in [-0.39, 0.29) is 5.91 Å². The fourth-order valence-electron chi connectivity index (χ4n) is 5.31. The van der Waals surface area contributed by atoms with Crippen molar-refractivity contribution >= 4 is 23.7 Å². The predicted octanol–water partition coefficient (Wildman–Crippen LogP) is 3.86. The van der Waals surface area contributed by atoms with Gasteiger partial charge in [-0.15, -0.1) is 11.8 Å². The predicted molar refractivity (Wildman–Crippen MR) is 168 cm³/mol. The maximum atomic E-state index is 13.5. The van der Waals surface area contributed by atoms with Crippen LogP contribution >= 0.6 is 11.8 Å². The first-order chi connectivity index (χ1) is 20.1. The minimum Gasteiger partial charge on any atom is -0.387 e. The number of rotatable bonds is 11. The standard InChI is InChI=1S/C33H42N4O4S/c1-22-12-8-10-16-25(22)19-34-30(39)29-33(3,4)42-21-37(29)31(40)28(38)27(18-24-14-6-5-7-15-24)36-32(41)35-20-26-17-11-9-13-23(26)2/h5-17,27-29,31,38,40H,18-21H2,1-4H3,(H,34,39)(H2,35,36,41)/t27?,28?,29-,31?/m1/s1. The van der Waals surface area contributed by atoms with E-state index in [2.05, 4.69) is 16.0 Å². The van der Waals surface area contributed by atoms with Gasteiger partial charge < -0.3 is 26.2 Å². The van der Waals surface area contributed by atoms with Gasteiger partial charge in [0, 0.05) is 23.7 Å². The third-order valence-electron chi connectivity index (χ3n) is 7.91. The molecule has 3 unspecified atom stereocenters. The number of nitrogens with zero attached hydrogens (tertiary/aromatic N) is 1. The highest BCUT2D eigenvalue weighted by Crippen LogP contribution is 2.40. The molecule has 0 saturated carbocycles. The van der Waals surface area contributed by atoms with Crippen LogP contribution in [0.1, 0.15) is 41.7 Å². The van der Waals surface area contributed by atoms with Gasteiger partial charge in [0.05, 0.1) is 6.04 Å². The number of aliphatic hydroxyl groups excluding tert-OH is 2. The van der Waals surface area contributed by atoms with Gasteiger partial charge in [0.1, 0.15) is 18.4 Å². The zero-order chi connectivity index (χ0) is 30.3. The fraction of sp³-hybridized carbons (Fsp3) is 0.394. The summed E-state index contributed by atoms with van der Waals surface area (Å²) in [5, 5.41) is 31.8. The molecular formula is C33H42N4O4S. The highest BCUT2D eigenvalue weighted by molar-refractivity contribution is 8.00. The Bertz CT molecular complexity index is 1350. The van der Waals surface area contributed by atoms with Crippen LogP contribution in [0.3, 0.4) is 0 Å². The number of aryl methyl sites for hydroxylation is 2. The normalized spacial score (nSPS) is 18.6. The van der Waals surface area contributed by atoms with Gasteiger partial charge in [0.15, 0.2) is 0 Å². The third kappa shape index (κ3) is 7.92. The lowest BCUT2D eigenvalue weighted by atomic mass is 9.96. The Morgan fingerprint density at radius 1 is 0.881 bits per heavy atom. The molecule has 224 valence electrons. The highest BCUT2D eigenvalue weighted by Gasteiger charge is 2.50. The Kier molecular flexibility index (Phi) is 10.7. The SMILES string of the molecule is Cc1ccccc1CNC(=O)NC(Cc1ccccc1)C(O)C(O)N1CSC(C)(C)[C@H]1C(=O)NCc1ccccc1C. The molecule has 8 nitrogen and oxygen atoms in total. The number of aliphatic hydroxyl groups is 2. The molecule has 3 aromatic rings. The molecular weight excluding hydrogens is 548 g/mol. The Balaban J connectivity index is 1.48. The molecule has 1 fully saturated rings. The summed E-state index contributed by atoms with van der Waals surface area (Å²) in [4.78, 5) is 28.2. The quantitative estimate of drug-likeness (QED) is 0.232. The van der Waals surface area contributed by atoms with Crippen molar-refractivity contribution < 1.29 is 19.8 Å². The molecule has 1 aliphatic heterocycles. The summed E-state index contributed by atoms with van der Waals surface area (Å²) in [5.74, 6) is 0.133. The summed E-state index contributed by atoms with van der Waals surface area (Å²) in [6, 6.07) is 23.2. The van der Waals surface area contributed by atoms with Crippen molar-refractivity contribution in [1.82, 2.24) is 20.9 Å². The second-order valence-corrected chi connectivity index (χ2v) is 13.0. The third-order valence-corrected chi connectivity index (χ3v) is 9.31. The van der Waals surface area contributed by atoms with Crippen molar-refractivity contribution in [2.75, 3.05) is 5.88 Å². The van der Waals surface area contributed by atoms with Crippen molar-refractivity contribution in [2.24, 2.45) is 0 Å². The van der Waals surface area contributed by atoms with E-state index in [1.807, 2.05) is 107 Å². The van der Waals surface area contributed by atoms with E-state index in [0.29, 0.717) is 25.4 Å². The number of carbonyl (C=O) groups excluding carboxylic acids is 2. The Labute approximate surface area is 252 Å². The summed E-state index contributed by atoms with van der Waals surface area (Å²) in [6.07, 6.45) is -2.46. The Hall–Kier alpha value is -3.37. The molecule has 0 aromatic heterocycles. The summed E-state index contributed by atoms with van der Waals surface area (Å²) in [6.45, 7) is 8.61. The number of thioether (sulfide) groups is 1. The lowest BCUT2D eigenvalue weighted by molar-refractivity contribution is -0.139. The number of urea groups is 1. The monoisotopic (exact) mass is 590 g/mol. The average Bonchev–Trinajstić information content (AvgIpc) is 3.30. The van der Waals surface area contributed by atoms with Gasteiger partial charge in [-0.2, -0.15) is 0 Å². The summed E-state index contributed by atoms with van der Waals surface area (Å²) in [7, 11) is 0. The number of hydrogen-bond donors (Lipinski definition) is 5. The van der Waals surface area contributed by atoms with Crippen molar-refractivity contribution in [3.63, 3.8) is 0 Å². The van der Waals surface area contributed by atoms with E-state index in [0.717, 1.165) is 27.8 Å². The van der Waals surface area contributed by atoms with Crippen LogP contribution in [0.5, 0.6) is 0 Å². The molecule has 0 spiro atoms. The van der Waals surface area contributed by atoms with Gasteiger partial charge in [0.2, 0.25) is 5.91 Å². The van der Waals surface area contributed by atoms with Crippen molar-refractivity contribution in [2.45, 2.75) is 76.4 Å². The second kappa shape index (κ2) is 14.2. The molecule has 1 heterocycles. The smallest absolute Gasteiger partial charge is 0.315 e. The van der Waals surface area contributed by atoms with Crippen LogP contribution in [0.2, 0.25) is 0 Å². The number of hydrogen-bond acceptors (Lipinski definition) is 6. The molecule has 1 saturated heterocycles. The van der Waals surface area contributed by atoms with E-state index in [9.17, 15) is 19.8 Å². The molecule has 42 heavy (non-hydrogen) atoms. The van der Waals surface area contributed by atoms with E-state index >= 15 is 0 Å². The first kappa shape index (κ1) is 31.6. The van der Waals surface area contributed by atoms with Gasteiger partial charge in [-0.3, -0.25) is 9.69 Å². The molecule has 3 aromatic carbocycles. The van der Waals surface area contributed by atoms with E-state index in [4.69, 9.17) is 0 Å². The van der Waals surface area contributed by atoms with Gasteiger partial charge in [-0.1, -0.05) is 78.9 Å². The molecule has 0 radical (unpaired) electrons. The second-order valence-electron chi connectivity index (χ2n) is 11.4. The zero-order valence-electron chi connectivity index (χ0n) is 24.7. The fourth-order valence-corrected chi connectivity index (χ4v) is 6.49. The van der Waals surface area contributed by atoms with Crippen molar-refractivity contribution in [3.8, 4) is 0 Å². The van der Waals surface area contributed by atoms with Gasteiger partial charge in [-0.05, 0) is 61.9 Å². The van der Waals surface area contributed by atoms with Crippen LogP contribution in [-0.4, -0.2) is 62.1 Å². The summed E-state index contributed by atoms with van der Waals surface area (Å²) >= 11 is 1.55. The number of benzene rings is 3. The lowest BCUT2D eigenvalue weighted by Gasteiger charge is -2.37. The first-order valence-electron chi connectivity index (χ1n) is 14.3. The van der Waals surface area contributed by atoms with Crippen LogP contribution < -0.4 is 16.0 Å². The van der Waals surface area contributed by atoms with Gasteiger partial charge >= 0.3 is 6.03 Å². The molecule has 1 aliphatic rings. The minimum absolute atomic E-state index is 0.219. The van der Waals surface area contributed by atoms with Crippen LogP contribution in [0.4, 0.5) is 4.79 Å². The molecule has 9 heteroatoms. The van der Waals surface area contributed by atoms with Crippen molar-refractivity contribution in [1.29, 1.82) is 0 Å². The average molecular weight is 591 g/mol. The molecule has 4 atom stereocenters. The molecule has 4 rings (SSSR count). The maximum Gasteiger partial charge on any atom is 0.315 e. The van der Waals surface area contributed by atoms with Crippen LogP contribution in [0.25, 0.3) is 0 Å². The van der Waals surface area contributed by atoms with Crippen LogP contribution in [0.15, 0.2) is 78.9 Å². The zero-order valence-corrected chi connectivity index (χ0v) is 25.5. The number of carbonyl (C=O) groups is 2.